The van der Waals surface area contributed by atoms with Crippen molar-refractivity contribution in [2.24, 2.45) is 0 Å². The molecule has 436 valence electrons. The predicted molar refractivity (Wildman–Crippen MR) is 364 cm³/mol. The smallest absolute Gasteiger partial charge is 0.309 e. The van der Waals surface area contributed by atoms with Crippen LogP contribution in [0.2, 0.25) is 0 Å². The van der Waals surface area contributed by atoms with E-state index in [1.165, 1.54) is 43.8 Å². The van der Waals surface area contributed by atoms with E-state index in [0.29, 0.717) is 11.5 Å². The normalized spacial score (nSPS) is 13.2. The highest BCUT2D eigenvalue weighted by atomic mass is 19.4. The molecule has 0 aliphatic rings. The van der Waals surface area contributed by atoms with E-state index in [-0.39, 0.29) is 21.7 Å². The van der Waals surface area contributed by atoms with Crippen molar-refractivity contribution in [1.82, 2.24) is 23.3 Å². The summed E-state index contributed by atoms with van der Waals surface area (Å²) in [5.41, 5.74) is 17.2. The number of benzene rings is 11. The zero-order chi connectivity index (χ0) is 61.3. The molecule has 15 rings (SSSR count). The molecule has 8 heteroatoms. The van der Waals surface area contributed by atoms with Crippen LogP contribution in [0.5, 0.6) is 0 Å². The highest BCUT2D eigenvalue weighted by molar-refractivity contribution is 6.24. The molecule has 88 heavy (non-hydrogen) atoms. The molecule has 4 heterocycles. The number of aromatic nitrogens is 5. The Morgan fingerprint density at radius 1 is 0.273 bits per heavy atom. The van der Waals surface area contributed by atoms with Gasteiger partial charge >= 0.3 is 6.18 Å². The van der Waals surface area contributed by atoms with Gasteiger partial charge in [0.05, 0.1) is 49.7 Å². The van der Waals surface area contributed by atoms with Crippen LogP contribution in [0.3, 0.4) is 0 Å². The molecule has 15 aromatic rings. The zero-order valence-electron chi connectivity index (χ0n) is 52.0. The van der Waals surface area contributed by atoms with E-state index in [0.717, 1.165) is 111 Å². The Morgan fingerprint density at radius 3 is 0.955 bits per heavy atom. The van der Waals surface area contributed by atoms with Gasteiger partial charge in [-0.1, -0.05) is 156 Å². The lowest BCUT2D eigenvalue weighted by Gasteiger charge is -2.19. The molecule has 0 spiro atoms. The molecule has 0 amide bonds. The van der Waals surface area contributed by atoms with Crippen LogP contribution < -0.4 is 0 Å². The molecule has 0 unspecified atom stereocenters. The Balaban J connectivity index is 0.972. The van der Waals surface area contributed by atoms with Gasteiger partial charge in [-0.05, 0) is 188 Å². The number of hydrogen-bond donors (Lipinski definition) is 0. The first-order valence-electron chi connectivity index (χ1n) is 30.7. The quantitative estimate of drug-likeness (QED) is 0.158. The fraction of sp³-hybridized carbons (Fsp3) is 0.212. The van der Waals surface area contributed by atoms with Crippen LogP contribution in [-0.4, -0.2) is 23.3 Å². The van der Waals surface area contributed by atoms with Crippen LogP contribution in [0.4, 0.5) is 13.2 Å². The monoisotopic (exact) mass is 1160 g/mol. The van der Waals surface area contributed by atoms with Gasteiger partial charge in [-0.25, -0.2) is 4.98 Å². The Labute approximate surface area is 510 Å². The minimum absolute atomic E-state index is 0.0359. The van der Waals surface area contributed by atoms with E-state index >= 15 is 0 Å². The number of rotatable bonds is 5. The molecule has 0 saturated carbocycles. The number of halogens is 3. The number of hydrogen-bond acceptors (Lipinski definition) is 1. The lowest BCUT2D eigenvalue weighted by Crippen LogP contribution is -2.10. The third kappa shape index (κ3) is 8.68. The van der Waals surface area contributed by atoms with Crippen LogP contribution in [0.25, 0.3) is 132 Å². The van der Waals surface area contributed by atoms with E-state index in [1.807, 2.05) is 28.8 Å². The van der Waals surface area contributed by atoms with Crippen molar-refractivity contribution in [2.45, 2.75) is 111 Å². The van der Waals surface area contributed by atoms with Gasteiger partial charge in [0, 0.05) is 71.4 Å². The van der Waals surface area contributed by atoms with Gasteiger partial charge in [-0.15, -0.1) is 0 Å². The number of alkyl halides is 3. The highest BCUT2D eigenvalue weighted by Crippen LogP contribution is 2.45. The van der Waals surface area contributed by atoms with Crippen molar-refractivity contribution in [3.63, 3.8) is 0 Å². The third-order valence-electron chi connectivity index (χ3n) is 18.6. The summed E-state index contributed by atoms with van der Waals surface area (Å²) in [5.74, 6) is 0.630. The van der Waals surface area contributed by atoms with E-state index in [2.05, 4.69) is 255 Å². The zero-order valence-corrected chi connectivity index (χ0v) is 52.0. The Hall–Kier alpha value is -9.40. The molecular formula is C80H70F3N5. The summed E-state index contributed by atoms with van der Waals surface area (Å²) >= 11 is 0. The van der Waals surface area contributed by atoms with E-state index < -0.39 is 11.7 Å². The van der Waals surface area contributed by atoms with Crippen molar-refractivity contribution < 1.29 is 13.2 Å². The maximum absolute atomic E-state index is 14.1. The predicted octanol–water partition coefficient (Wildman–Crippen LogP) is 22.5. The molecule has 0 saturated heterocycles. The lowest BCUT2D eigenvalue weighted by atomic mass is 9.85. The molecule has 0 aliphatic heterocycles. The average Bonchev–Trinajstić information content (AvgIpc) is 2.01. The Bertz CT molecular complexity index is 5030. The molecule has 0 N–H and O–H groups in total. The van der Waals surface area contributed by atoms with Crippen molar-refractivity contribution in [3.05, 3.63) is 234 Å². The van der Waals surface area contributed by atoms with Crippen molar-refractivity contribution in [3.8, 4) is 34.1 Å². The fourth-order valence-electron chi connectivity index (χ4n) is 13.7. The summed E-state index contributed by atoms with van der Waals surface area (Å²) in [5, 5.41) is 11.2. The van der Waals surface area contributed by atoms with E-state index in [1.54, 1.807) is 12.1 Å². The molecule has 4 aromatic heterocycles. The summed E-state index contributed by atoms with van der Waals surface area (Å²) < 4.78 is 51.7. The summed E-state index contributed by atoms with van der Waals surface area (Å²) in [6.45, 7) is 27.4. The largest absolute Gasteiger partial charge is 0.416 e. The summed E-state index contributed by atoms with van der Waals surface area (Å²) in [7, 11) is 0. The van der Waals surface area contributed by atoms with Gasteiger partial charge in [0.2, 0.25) is 0 Å². The van der Waals surface area contributed by atoms with Crippen LogP contribution in [0.15, 0.2) is 206 Å². The van der Waals surface area contributed by atoms with Gasteiger partial charge in [-0.3, -0.25) is 4.57 Å². The van der Waals surface area contributed by atoms with E-state index in [9.17, 15) is 13.2 Å². The second kappa shape index (κ2) is 19.1. The summed E-state index contributed by atoms with van der Waals surface area (Å²) in [6, 6.07) is 72.4. The first-order chi connectivity index (χ1) is 41.8. The molecular weight excluding hydrogens is 1090 g/mol. The topological polar surface area (TPSA) is 32.6 Å². The Kier molecular flexibility index (Phi) is 11.9. The lowest BCUT2D eigenvalue weighted by molar-refractivity contribution is -0.137. The maximum Gasteiger partial charge on any atom is 0.416 e. The van der Waals surface area contributed by atoms with Gasteiger partial charge in [-0.2, -0.15) is 13.2 Å². The highest BCUT2D eigenvalue weighted by Gasteiger charge is 2.31. The Morgan fingerprint density at radius 2 is 0.568 bits per heavy atom. The molecule has 0 atom stereocenters. The molecule has 0 fully saturated rings. The molecule has 0 aliphatic carbocycles. The number of imidazole rings is 1. The number of nitrogens with zero attached hydrogens (tertiary/aromatic N) is 5. The van der Waals surface area contributed by atoms with Crippen molar-refractivity contribution >= 4 is 98.0 Å². The second-order valence-corrected chi connectivity index (χ2v) is 28.5. The van der Waals surface area contributed by atoms with Gasteiger partial charge < -0.3 is 13.7 Å². The fourth-order valence-corrected chi connectivity index (χ4v) is 13.7. The van der Waals surface area contributed by atoms with Crippen molar-refractivity contribution in [2.75, 3.05) is 0 Å². The van der Waals surface area contributed by atoms with Crippen LogP contribution in [-0.2, 0) is 27.8 Å². The van der Waals surface area contributed by atoms with Gasteiger partial charge in [0.1, 0.15) is 5.82 Å². The minimum Gasteiger partial charge on any atom is -0.309 e. The van der Waals surface area contributed by atoms with E-state index in [4.69, 9.17) is 4.98 Å². The molecule has 0 radical (unpaired) electrons. The van der Waals surface area contributed by atoms with Crippen LogP contribution in [0.1, 0.15) is 111 Å². The third-order valence-corrected chi connectivity index (χ3v) is 18.6. The van der Waals surface area contributed by atoms with Crippen LogP contribution in [0, 0.1) is 0 Å². The standard InChI is InChI=1S/C80H70F3N5/c1-76(2,3)49-25-35-67-61(41-49)62-42-50(77(4,5)6)26-36-68(62)86(67)55-33-39-71-65(45-55)66-46-56(87-69-37-27-51(78(7,8)9)43-63(69)64-44-52(79(10,11)12)28-38-70(64)87)34-40-72(66)85(71)53-29-21-47(22-30-53)75-84-73-59-19-15-13-17-57(59)58-18-14-16-20-60(58)74(73)88(75)54-31-23-48(24-32-54)80(81,82)83/h13-46H,1-12H3. The first kappa shape index (κ1) is 55.2. The first-order valence-corrected chi connectivity index (χ1v) is 30.7. The van der Waals surface area contributed by atoms with Crippen molar-refractivity contribution in [1.29, 1.82) is 0 Å². The average molecular weight is 1160 g/mol. The van der Waals surface area contributed by atoms with Crippen LogP contribution >= 0.6 is 0 Å². The SMILES string of the molecule is CC(C)(C)c1ccc2c(c1)c1cc(C(C)(C)C)ccc1n2-c1ccc2c(c1)c1cc(-n3c4ccc(C(C)(C)C)cc4c4cc(C(C)(C)C)ccc43)ccc1n2-c1ccc(-c2nc3c4ccccc4c4ccccc4c3n2-c2ccc(C(F)(F)F)cc2)cc1. The van der Waals surface area contributed by atoms with Gasteiger partial charge in [0.15, 0.2) is 0 Å². The molecule has 11 aromatic carbocycles. The minimum atomic E-state index is -4.48. The maximum atomic E-state index is 14.1. The van der Waals surface area contributed by atoms with Gasteiger partial charge in [0.25, 0.3) is 0 Å². The summed E-state index contributed by atoms with van der Waals surface area (Å²) in [6.07, 6.45) is -4.48. The summed E-state index contributed by atoms with van der Waals surface area (Å²) in [4.78, 5) is 5.45. The number of fused-ring (bicyclic) bond motifs is 15. The second-order valence-electron chi connectivity index (χ2n) is 28.5. The molecule has 0 bridgehead atoms. The molecule has 5 nitrogen and oxygen atoms in total.